The van der Waals surface area contributed by atoms with E-state index in [4.69, 9.17) is 5.26 Å². The standard InChI is InChI=1S/C15H15N5O/c1-11-4-2-3-5-13(11)14(21)17-8-12-9-20(19-18-12)15(10-16)6-7-15/h2-5,9H,6-8H2,1H3,(H,17,21). The van der Waals surface area contributed by atoms with Gasteiger partial charge in [-0.3, -0.25) is 4.79 Å². The number of nitrogens with one attached hydrogen (secondary N) is 1. The highest BCUT2D eigenvalue weighted by molar-refractivity contribution is 5.95. The molecule has 0 unspecified atom stereocenters. The predicted octanol–water partition coefficient (Wildman–Crippen LogP) is 1.53. The van der Waals surface area contributed by atoms with Gasteiger partial charge in [-0.1, -0.05) is 23.4 Å². The molecule has 0 spiro atoms. The molecule has 3 rings (SSSR count). The van der Waals surface area contributed by atoms with E-state index in [0.717, 1.165) is 18.4 Å². The van der Waals surface area contributed by atoms with Gasteiger partial charge in [0.1, 0.15) is 5.69 Å². The SMILES string of the molecule is Cc1ccccc1C(=O)NCc1cn(C2(C#N)CC2)nn1. The van der Waals surface area contributed by atoms with Crippen LogP contribution >= 0.6 is 0 Å². The van der Waals surface area contributed by atoms with Crippen molar-refractivity contribution in [1.29, 1.82) is 5.26 Å². The smallest absolute Gasteiger partial charge is 0.251 e. The summed E-state index contributed by atoms with van der Waals surface area (Å²) in [6.07, 6.45) is 3.35. The van der Waals surface area contributed by atoms with E-state index in [-0.39, 0.29) is 5.91 Å². The third-order valence-corrected chi connectivity index (χ3v) is 3.73. The maximum Gasteiger partial charge on any atom is 0.251 e. The highest BCUT2D eigenvalue weighted by Gasteiger charge is 2.46. The van der Waals surface area contributed by atoms with Crippen LogP contribution in [-0.4, -0.2) is 20.9 Å². The second kappa shape index (κ2) is 5.02. The summed E-state index contributed by atoms with van der Waals surface area (Å²) in [6, 6.07) is 9.67. The first-order valence-electron chi connectivity index (χ1n) is 6.81. The molecule has 1 aromatic heterocycles. The van der Waals surface area contributed by atoms with E-state index in [9.17, 15) is 4.79 Å². The highest BCUT2D eigenvalue weighted by Crippen LogP contribution is 2.41. The molecular formula is C15H15N5O. The first-order chi connectivity index (χ1) is 10.1. The van der Waals surface area contributed by atoms with Crippen LogP contribution in [0.25, 0.3) is 0 Å². The maximum atomic E-state index is 12.1. The van der Waals surface area contributed by atoms with Crippen LogP contribution in [0.3, 0.4) is 0 Å². The van der Waals surface area contributed by atoms with E-state index in [2.05, 4.69) is 21.7 Å². The van der Waals surface area contributed by atoms with E-state index in [1.54, 1.807) is 16.9 Å². The molecule has 0 aliphatic heterocycles. The van der Waals surface area contributed by atoms with Gasteiger partial charge in [-0.15, -0.1) is 5.10 Å². The minimum atomic E-state index is -0.509. The third-order valence-electron chi connectivity index (χ3n) is 3.73. The van der Waals surface area contributed by atoms with Crippen LogP contribution in [0.15, 0.2) is 30.5 Å². The van der Waals surface area contributed by atoms with Gasteiger partial charge >= 0.3 is 0 Å². The van der Waals surface area contributed by atoms with E-state index in [0.29, 0.717) is 17.8 Å². The van der Waals surface area contributed by atoms with Crippen LogP contribution in [0.1, 0.15) is 34.5 Å². The predicted molar refractivity (Wildman–Crippen MR) is 75.2 cm³/mol. The molecule has 1 heterocycles. The minimum Gasteiger partial charge on any atom is -0.346 e. The molecule has 106 valence electrons. The number of aryl methyl sites for hydroxylation is 1. The summed E-state index contributed by atoms with van der Waals surface area (Å²) in [5.41, 5.74) is 1.73. The number of rotatable bonds is 4. The molecule has 1 aliphatic rings. The molecule has 0 bridgehead atoms. The Hall–Kier alpha value is -2.68. The summed E-state index contributed by atoms with van der Waals surface area (Å²) in [7, 11) is 0. The summed E-state index contributed by atoms with van der Waals surface area (Å²) in [5.74, 6) is -0.135. The van der Waals surface area contributed by atoms with Gasteiger partial charge in [0.2, 0.25) is 0 Å². The van der Waals surface area contributed by atoms with Crippen LogP contribution < -0.4 is 5.32 Å². The topological polar surface area (TPSA) is 83.6 Å². The van der Waals surface area contributed by atoms with Crippen molar-refractivity contribution in [3.8, 4) is 6.07 Å². The van der Waals surface area contributed by atoms with Crippen LogP contribution in [0, 0.1) is 18.3 Å². The van der Waals surface area contributed by atoms with E-state index >= 15 is 0 Å². The Labute approximate surface area is 122 Å². The number of aromatic nitrogens is 3. The first kappa shape index (κ1) is 13.3. The maximum absolute atomic E-state index is 12.1. The molecule has 0 saturated heterocycles. The summed E-state index contributed by atoms with van der Waals surface area (Å²) in [5, 5.41) is 19.9. The van der Waals surface area contributed by atoms with Gasteiger partial charge in [-0.25, -0.2) is 4.68 Å². The number of hydrogen-bond acceptors (Lipinski definition) is 4. The van der Waals surface area contributed by atoms with Gasteiger partial charge in [0.15, 0.2) is 5.54 Å². The lowest BCUT2D eigenvalue weighted by Gasteiger charge is -2.06. The number of carbonyl (C=O) groups is 1. The highest BCUT2D eigenvalue weighted by atomic mass is 16.1. The van der Waals surface area contributed by atoms with Crippen molar-refractivity contribution in [1.82, 2.24) is 20.3 Å². The number of hydrogen-bond donors (Lipinski definition) is 1. The largest absolute Gasteiger partial charge is 0.346 e. The van der Waals surface area contributed by atoms with Gasteiger partial charge in [0, 0.05) is 5.56 Å². The van der Waals surface area contributed by atoms with Crippen molar-refractivity contribution < 1.29 is 4.79 Å². The number of benzene rings is 1. The lowest BCUT2D eigenvalue weighted by atomic mass is 10.1. The third kappa shape index (κ3) is 2.50. The van der Waals surface area contributed by atoms with Crippen molar-refractivity contribution in [2.75, 3.05) is 0 Å². The normalized spacial score (nSPS) is 15.2. The second-order valence-electron chi connectivity index (χ2n) is 5.30. The Balaban J connectivity index is 1.65. The second-order valence-corrected chi connectivity index (χ2v) is 5.30. The molecule has 6 nitrogen and oxygen atoms in total. The fraction of sp³-hybridized carbons (Fsp3) is 0.333. The molecule has 1 aromatic carbocycles. The zero-order chi connectivity index (χ0) is 14.9. The molecule has 1 aliphatic carbocycles. The van der Waals surface area contributed by atoms with Gasteiger partial charge in [-0.05, 0) is 31.4 Å². The lowest BCUT2D eigenvalue weighted by molar-refractivity contribution is 0.0950. The van der Waals surface area contributed by atoms with Gasteiger partial charge < -0.3 is 5.32 Å². The average Bonchev–Trinajstić information content (AvgIpc) is 3.16. The van der Waals surface area contributed by atoms with Crippen LogP contribution in [0.2, 0.25) is 0 Å². The fourth-order valence-corrected chi connectivity index (χ4v) is 2.19. The summed E-state index contributed by atoms with van der Waals surface area (Å²) in [4.78, 5) is 12.1. The Kier molecular flexibility index (Phi) is 3.18. The van der Waals surface area contributed by atoms with Gasteiger partial charge in [-0.2, -0.15) is 5.26 Å². The first-order valence-corrected chi connectivity index (χ1v) is 6.81. The Morgan fingerprint density at radius 1 is 1.48 bits per heavy atom. The molecule has 1 fully saturated rings. The summed E-state index contributed by atoms with van der Waals surface area (Å²) >= 11 is 0. The molecule has 6 heteroatoms. The molecule has 2 aromatic rings. The van der Waals surface area contributed by atoms with Gasteiger partial charge in [0.25, 0.3) is 5.91 Å². The van der Waals surface area contributed by atoms with E-state index in [1.807, 2.05) is 25.1 Å². The molecule has 1 N–H and O–H groups in total. The quantitative estimate of drug-likeness (QED) is 0.921. The molecular weight excluding hydrogens is 266 g/mol. The molecule has 0 radical (unpaired) electrons. The van der Waals surface area contributed by atoms with Crippen molar-refractivity contribution in [2.45, 2.75) is 31.8 Å². The number of amides is 1. The van der Waals surface area contributed by atoms with Crippen molar-refractivity contribution in [2.24, 2.45) is 0 Å². The molecule has 21 heavy (non-hydrogen) atoms. The van der Waals surface area contributed by atoms with Crippen LogP contribution in [0.5, 0.6) is 0 Å². The van der Waals surface area contributed by atoms with E-state index in [1.165, 1.54) is 0 Å². The molecule has 1 amide bonds. The Bertz CT molecular complexity index is 724. The van der Waals surface area contributed by atoms with E-state index < -0.39 is 5.54 Å². The molecule has 1 saturated carbocycles. The van der Waals surface area contributed by atoms with Gasteiger partial charge in [0.05, 0.1) is 18.8 Å². The number of carbonyl (C=O) groups excluding carboxylic acids is 1. The van der Waals surface area contributed by atoms with Crippen molar-refractivity contribution in [3.05, 3.63) is 47.3 Å². The monoisotopic (exact) mass is 281 g/mol. The van der Waals surface area contributed by atoms with Crippen molar-refractivity contribution in [3.63, 3.8) is 0 Å². The average molecular weight is 281 g/mol. The Morgan fingerprint density at radius 2 is 2.24 bits per heavy atom. The Morgan fingerprint density at radius 3 is 2.90 bits per heavy atom. The fourth-order valence-electron chi connectivity index (χ4n) is 2.19. The number of nitrogens with zero attached hydrogens (tertiary/aromatic N) is 4. The zero-order valence-electron chi connectivity index (χ0n) is 11.7. The zero-order valence-corrected chi connectivity index (χ0v) is 11.7. The molecule has 0 atom stereocenters. The number of nitriles is 1. The van der Waals surface area contributed by atoms with Crippen LogP contribution in [0.4, 0.5) is 0 Å². The van der Waals surface area contributed by atoms with Crippen molar-refractivity contribution >= 4 is 5.91 Å². The summed E-state index contributed by atoms with van der Waals surface area (Å²) < 4.78 is 1.60. The van der Waals surface area contributed by atoms with Crippen LogP contribution in [-0.2, 0) is 12.1 Å². The minimum absolute atomic E-state index is 0.135. The summed E-state index contributed by atoms with van der Waals surface area (Å²) in [6.45, 7) is 2.20. The lowest BCUT2D eigenvalue weighted by Crippen LogP contribution is -2.23.